The first kappa shape index (κ1) is 23.7. The Balaban J connectivity index is 1.89. The van der Waals surface area contributed by atoms with Gasteiger partial charge in [-0.25, -0.2) is 0 Å². The number of allylic oxidation sites excluding steroid dienone is 1. The molecule has 0 aromatic heterocycles. The molecule has 0 fully saturated rings. The Labute approximate surface area is 196 Å². The molecule has 3 atom stereocenters. The zero-order chi connectivity index (χ0) is 24.8. The van der Waals surface area contributed by atoms with Gasteiger partial charge in [0, 0.05) is 18.1 Å². The Morgan fingerprint density at radius 1 is 1.12 bits per heavy atom. The zero-order valence-corrected chi connectivity index (χ0v) is 18.7. The minimum Gasteiger partial charge on any atom is -0.508 e. The summed E-state index contributed by atoms with van der Waals surface area (Å²) < 4.78 is 0. The minimum atomic E-state index is -2.53. The molecule has 2 aromatic carbocycles. The van der Waals surface area contributed by atoms with Gasteiger partial charge in [-0.3, -0.25) is 14.4 Å². The maximum atomic E-state index is 13.6. The average molecular weight is 466 g/mol. The Bertz CT molecular complexity index is 1210. The van der Waals surface area contributed by atoms with Gasteiger partial charge in [0.05, 0.1) is 12.0 Å². The third kappa shape index (κ3) is 3.69. The van der Waals surface area contributed by atoms with E-state index in [0.29, 0.717) is 5.56 Å². The molecule has 0 heterocycles. The lowest BCUT2D eigenvalue weighted by Crippen LogP contribution is -2.54. The molecule has 0 saturated carbocycles. The van der Waals surface area contributed by atoms with E-state index >= 15 is 0 Å². The number of ketones is 2. The molecule has 2 aliphatic carbocycles. The van der Waals surface area contributed by atoms with Crippen LogP contribution in [-0.2, 0) is 16.0 Å². The molecule has 0 aliphatic heterocycles. The molecule has 8 nitrogen and oxygen atoms in total. The highest BCUT2D eigenvalue weighted by Crippen LogP contribution is 2.50. The number of carbonyl (C=O) groups is 3. The number of aryl methyl sites for hydroxylation is 1. The van der Waals surface area contributed by atoms with E-state index in [4.69, 9.17) is 5.73 Å². The normalized spacial score (nSPS) is 23.9. The number of benzene rings is 2. The number of rotatable bonds is 6. The summed E-state index contributed by atoms with van der Waals surface area (Å²) in [6.07, 6.45) is -0.454. The molecule has 1 amide bonds. The van der Waals surface area contributed by atoms with Crippen LogP contribution >= 0.6 is 0 Å². The summed E-state index contributed by atoms with van der Waals surface area (Å²) in [4.78, 5) is 37.7. The third-order valence-corrected chi connectivity index (χ3v) is 7.00. The van der Waals surface area contributed by atoms with Crippen molar-refractivity contribution >= 4 is 17.5 Å². The molecule has 2 aliphatic rings. The van der Waals surface area contributed by atoms with Crippen LogP contribution in [0, 0.1) is 18.8 Å². The highest BCUT2D eigenvalue weighted by molar-refractivity contribution is 6.15. The van der Waals surface area contributed by atoms with Gasteiger partial charge in [-0.05, 0) is 54.9 Å². The van der Waals surface area contributed by atoms with E-state index in [1.807, 2.05) is 31.2 Å². The summed E-state index contributed by atoms with van der Waals surface area (Å²) >= 11 is 0. The van der Waals surface area contributed by atoms with Crippen molar-refractivity contribution in [3.63, 3.8) is 0 Å². The number of fused-ring (bicyclic) bond motifs is 2. The van der Waals surface area contributed by atoms with E-state index in [2.05, 4.69) is 0 Å². The fourth-order valence-corrected chi connectivity index (χ4v) is 5.32. The molecule has 4 rings (SSSR count). The van der Waals surface area contributed by atoms with Crippen LogP contribution in [0.25, 0.3) is 11.1 Å². The molecule has 0 unspecified atom stereocenters. The van der Waals surface area contributed by atoms with Crippen molar-refractivity contribution in [2.24, 2.45) is 17.6 Å². The van der Waals surface area contributed by atoms with E-state index in [9.17, 15) is 34.8 Å². The second-order valence-corrected chi connectivity index (χ2v) is 9.12. The largest absolute Gasteiger partial charge is 0.508 e. The smallest absolute Gasteiger partial charge is 0.225 e. The lowest BCUT2D eigenvalue weighted by molar-refractivity contribution is -0.147. The highest BCUT2D eigenvalue weighted by Gasteiger charge is 2.55. The highest BCUT2D eigenvalue weighted by atomic mass is 16.3. The Morgan fingerprint density at radius 2 is 1.79 bits per heavy atom. The number of carbonyl (C=O) groups excluding carboxylic acids is 3. The number of aliphatic hydroxyl groups is 3. The van der Waals surface area contributed by atoms with E-state index in [1.165, 1.54) is 6.07 Å². The van der Waals surface area contributed by atoms with Crippen molar-refractivity contribution in [1.29, 1.82) is 0 Å². The van der Waals surface area contributed by atoms with Crippen molar-refractivity contribution in [2.75, 3.05) is 6.61 Å². The molecular formula is C26H27NO7. The van der Waals surface area contributed by atoms with Crippen molar-refractivity contribution < 1.29 is 34.8 Å². The van der Waals surface area contributed by atoms with E-state index < -0.39 is 47.1 Å². The van der Waals surface area contributed by atoms with Crippen molar-refractivity contribution in [2.45, 2.75) is 38.2 Å². The molecule has 34 heavy (non-hydrogen) atoms. The second-order valence-electron chi connectivity index (χ2n) is 9.12. The maximum absolute atomic E-state index is 13.6. The average Bonchev–Trinajstić information content (AvgIpc) is 2.77. The Hall–Kier alpha value is -3.49. The van der Waals surface area contributed by atoms with Crippen LogP contribution in [0.1, 0.15) is 40.7 Å². The number of nitrogens with two attached hydrogens (primary N) is 1. The van der Waals surface area contributed by atoms with Gasteiger partial charge in [0.2, 0.25) is 5.91 Å². The monoisotopic (exact) mass is 465 g/mol. The molecule has 0 radical (unpaired) electrons. The van der Waals surface area contributed by atoms with Gasteiger partial charge in [-0.15, -0.1) is 0 Å². The van der Waals surface area contributed by atoms with Crippen molar-refractivity contribution in [3.8, 4) is 16.9 Å². The zero-order valence-electron chi connectivity index (χ0n) is 18.7. The van der Waals surface area contributed by atoms with Crippen LogP contribution in [0.5, 0.6) is 5.75 Å². The Kier molecular flexibility index (Phi) is 6.05. The molecule has 6 N–H and O–H groups in total. The fourth-order valence-electron chi connectivity index (χ4n) is 5.32. The second kappa shape index (κ2) is 8.70. The van der Waals surface area contributed by atoms with Crippen molar-refractivity contribution in [3.05, 3.63) is 64.4 Å². The van der Waals surface area contributed by atoms with Gasteiger partial charge < -0.3 is 26.2 Å². The maximum Gasteiger partial charge on any atom is 0.225 e. The van der Waals surface area contributed by atoms with E-state index in [0.717, 1.165) is 16.7 Å². The summed E-state index contributed by atoms with van der Waals surface area (Å²) in [5.41, 5.74) is 5.78. The van der Waals surface area contributed by atoms with Crippen LogP contribution in [0.2, 0.25) is 0 Å². The Morgan fingerprint density at radius 3 is 2.41 bits per heavy atom. The van der Waals surface area contributed by atoms with Gasteiger partial charge in [-0.2, -0.15) is 0 Å². The van der Waals surface area contributed by atoms with E-state index in [1.54, 1.807) is 6.07 Å². The van der Waals surface area contributed by atoms with Crippen molar-refractivity contribution in [1.82, 2.24) is 0 Å². The first-order valence-electron chi connectivity index (χ1n) is 11.1. The number of aliphatic hydroxyl groups excluding tert-OH is 2. The molecule has 0 bridgehead atoms. The first-order valence-corrected chi connectivity index (χ1v) is 11.1. The van der Waals surface area contributed by atoms with Crippen LogP contribution in [-0.4, -0.2) is 50.1 Å². The number of Topliss-reactive ketones (excluding diaryl/α,β-unsaturated/α-hetero) is 2. The number of phenols is 1. The van der Waals surface area contributed by atoms with Crippen LogP contribution in [0.4, 0.5) is 0 Å². The first-order chi connectivity index (χ1) is 16.1. The summed E-state index contributed by atoms with van der Waals surface area (Å²) in [6.45, 7) is 1.59. The molecule has 178 valence electrons. The number of primary amides is 1. The van der Waals surface area contributed by atoms with Gasteiger partial charge in [0.15, 0.2) is 17.2 Å². The topological polar surface area (TPSA) is 158 Å². The molecule has 8 heteroatoms. The quantitative estimate of drug-likeness (QED) is 0.409. The van der Waals surface area contributed by atoms with E-state index in [-0.39, 0.29) is 42.8 Å². The molecule has 0 saturated heterocycles. The number of amides is 1. The number of aromatic hydroxyl groups is 1. The third-order valence-electron chi connectivity index (χ3n) is 7.00. The lowest BCUT2D eigenvalue weighted by Gasteiger charge is -2.43. The van der Waals surface area contributed by atoms with Gasteiger partial charge in [0.25, 0.3) is 0 Å². The van der Waals surface area contributed by atoms with Crippen LogP contribution in [0.15, 0.2) is 47.7 Å². The van der Waals surface area contributed by atoms with Gasteiger partial charge in [-0.1, -0.05) is 35.9 Å². The standard InChI is InChI=1S/C26H27NO7/c1-13-2-4-14(5-3-13)17-6-7-19(29)23-18(17)11-15-10-16(8-9-28)26(34,20(30)12-21(27)31)25(33)22(15)24(23)32/h2-7,15-16,28-29,33-34H,8-12H2,1H3,(H2,27,31)/t15-,16-,26-/m1/s1. The lowest BCUT2D eigenvalue weighted by atomic mass is 9.62. The van der Waals surface area contributed by atoms with Gasteiger partial charge in [0.1, 0.15) is 11.5 Å². The predicted molar refractivity (Wildman–Crippen MR) is 123 cm³/mol. The fraction of sp³-hybridized carbons (Fsp3) is 0.346. The minimum absolute atomic E-state index is 0.0150. The summed E-state index contributed by atoms with van der Waals surface area (Å²) in [7, 11) is 0. The summed E-state index contributed by atoms with van der Waals surface area (Å²) in [6, 6.07) is 10.9. The molecule has 2 aromatic rings. The molecular weight excluding hydrogens is 438 g/mol. The summed E-state index contributed by atoms with van der Waals surface area (Å²) in [5.74, 6) is -5.26. The van der Waals surface area contributed by atoms with Crippen LogP contribution < -0.4 is 5.73 Å². The molecule has 0 spiro atoms. The summed E-state index contributed by atoms with van der Waals surface area (Å²) in [5, 5.41) is 42.5. The number of hydrogen-bond acceptors (Lipinski definition) is 7. The SMILES string of the molecule is Cc1ccc(-c2ccc(O)c3c2C[C@H]2C[C@@H](CCO)[C@@](O)(C(=O)CC(N)=O)C(O)=C2C3=O)cc1. The number of hydrogen-bond donors (Lipinski definition) is 5. The van der Waals surface area contributed by atoms with Crippen LogP contribution in [0.3, 0.4) is 0 Å². The number of phenolic OH excluding ortho intramolecular Hbond substituents is 1. The predicted octanol–water partition coefficient (Wildman–Crippen LogP) is 2.11. The van der Waals surface area contributed by atoms with Gasteiger partial charge >= 0.3 is 0 Å².